The van der Waals surface area contributed by atoms with Gasteiger partial charge in [0.25, 0.3) is 0 Å². The normalized spacial score (nSPS) is 14.6. The molecule has 0 amide bonds. The summed E-state index contributed by atoms with van der Waals surface area (Å²) in [5.41, 5.74) is 2.47. The third-order valence-corrected chi connectivity index (χ3v) is 12.1. The third kappa shape index (κ3) is 9.12. The van der Waals surface area contributed by atoms with E-state index in [9.17, 15) is 5.26 Å². The molecule has 0 aliphatic carbocycles. The van der Waals surface area contributed by atoms with Gasteiger partial charge in [-0.3, -0.25) is 4.90 Å². The molecule has 2 unspecified atom stereocenters. The number of benzene rings is 2. The lowest BCUT2D eigenvalue weighted by atomic mass is 10.0. The fraction of sp³-hybridized carbons (Fsp3) is 0.536. The second kappa shape index (κ2) is 12.3. The highest BCUT2D eigenvalue weighted by Gasteiger charge is 2.38. The van der Waals surface area contributed by atoms with Gasteiger partial charge in [-0.2, -0.15) is 5.26 Å². The molecule has 0 heterocycles. The molecule has 0 fully saturated rings. The predicted molar refractivity (Wildman–Crippen MR) is 148 cm³/mol. The SMILES string of the molecule is CC(C)(C)[Si](C)(C)OCCC(C(C#N)O[Si](C)(C)C)N(Cc1ccccc1)Cc1ccccc1. The largest absolute Gasteiger partial charge is 0.417 e. The van der Waals surface area contributed by atoms with Gasteiger partial charge in [0.15, 0.2) is 16.6 Å². The van der Waals surface area contributed by atoms with Crippen molar-refractivity contribution in [3.05, 3.63) is 71.8 Å². The molecule has 0 bridgehead atoms. The minimum atomic E-state index is -1.92. The fourth-order valence-corrected chi connectivity index (χ4v) is 5.71. The van der Waals surface area contributed by atoms with Crippen LogP contribution in [-0.4, -0.2) is 40.3 Å². The highest BCUT2D eigenvalue weighted by atomic mass is 28.4. The van der Waals surface area contributed by atoms with Crippen molar-refractivity contribution in [2.75, 3.05) is 6.61 Å². The molecule has 0 saturated heterocycles. The zero-order chi connectivity index (χ0) is 25.4. The summed E-state index contributed by atoms with van der Waals surface area (Å²) in [7, 11) is -3.80. The van der Waals surface area contributed by atoms with Crippen LogP contribution in [0.2, 0.25) is 37.8 Å². The van der Waals surface area contributed by atoms with E-state index in [2.05, 4.69) is 113 Å². The molecule has 0 saturated carbocycles. The van der Waals surface area contributed by atoms with Crippen molar-refractivity contribution in [3.8, 4) is 6.07 Å². The van der Waals surface area contributed by atoms with Crippen LogP contribution >= 0.6 is 0 Å². The van der Waals surface area contributed by atoms with Crippen LogP contribution in [0.1, 0.15) is 38.3 Å². The number of rotatable bonds is 12. The molecule has 0 aromatic heterocycles. The average molecular weight is 497 g/mol. The Kier molecular flexibility index (Phi) is 10.3. The van der Waals surface area contributed by atoms with Gasteiger partial charge < -0.3 is 8.85 Å². The first-order valence-corrected chi connectivity index (χ1v) is 18.7. The van der Waals surface area contributed by atoms with E-state index in [4.69, 9.17) is 8.85 Å². The molecule has 186 valence electrons. The molecule has 0 radical (unpaired) electrons. The minimum Gasteiger partial charge on any atom is -0.417 e. The van der Waals surface area contributed by atoms with E-state index < -0.39 is 22.7 Å². The first-order chi connectivity index (χ1) is 15.8. The Labute approximate surface area is 210 Å². The highest BCUT2D eigenvalue weighted by molar-refractivity contribution is 6.74. The Balaban J connectivity index is 2.36. The lowest BCUT2D eigenvalue weighted by molar-refractivity contribution is 0.0640. The van der Waals surface area contributed by atoms with E-state index in [0.29, 0.717) is 6.61 Å². The molecule has 0 aliphatic rings. The first-order valence-electron chi connectivity index (χ1n) is 12.4. The molecule has 2 atom stereocenters. The molecule has 34 heavy (non-hydrogen) atoms. The Morgan fingerprint density at radius 3 is 1.71 bits per heavy atom. The van der Waals surface area contributed by atoms with Crippen molar-refractivity contribution in [1.29, 1.82) is 5.26 Å². The summed E-state index contributed by atoms with van der Waals surface area (Å²) in [5.74, 6) is 0. The lowest BCUT2D eigenvalue weighted by Crippen LogP contribution is -2.48. The van der Waals surface area contributed by atoms with Crippen molar-refractivity contribution in [3.63, 3.8) is 0 Å². The molecular formula is C28H44N2O2Si2. The van der Waals surface area contributed by atoms with Gasteiger partial charge in [0.05, 0.1) is 12.1 Å². The van der Waals surface area contributed by atoms with Gasteiger partial charge in [-0.15, -0.1) is 0 Å². The van der Waals surface area contributed by atoms with Crippen molar-refractivity contribution >= 4 is 16.6 Å². The third-order valence-electron chi connectivity index (χ3n) is 6.57. The van der Waals surface area contributed by atoms with Gasteiger partial charge in [0.2, 0.25) is 0 Å². The van der Waals surface area contributed by atoms with Crippen LogP contribution in [0.4, 0.5) is 0 Å². The maximum absolute atomic E-state index is 10.2. The maximum atomic E-state index is 10.2. The van der Waals surface area contributed by atoms with Crippen LogP contribution in [0.25, 0.3) is 0 Å². The Morgan fingerprint density at radius 1 is 0.853 bits per heavy atom. The minimum absolute atomic E-state index is 0.0677. The van der Waals surface area contributed by atoms with Gasteiger partial charge >= 0.3 is 0 Å². The first kappa shape index (κ1) is 28.5. The standard InChI is InChI=1S/C28H44N2O2Si2/c1-28(2,3)34(7,8)31-20-19-26(27(21-29)32-33(4,5)6)30(22-24-15-11-9-12-16-24)23-25-17-13-10-14-18-25/h9-18,26-27H,19-20,22-23H2,1-8H3. The summed E-state index contributed by atoms with van der Waals surface area (Å²) < 4.78 is 13.0. The van der Waals surface area contributed by atoms with E-state index >= 15 is 0 Å². The highest BCUT2D eigenvalue weighted by Crippen LogP contribution is 2.36. The van der Waals surface area contributed by atoms with Crippen molar-refractivity contribution in [2.45, 2.75) is 90.2 Å². The number of nitrogens with zero attached hydrogens (tertiary/aromatic N) is 2. The second-order valence-corrected chi connectivity index (χ2v) is 20.9. The lowest BCUT2D eigenvalue weighted by Gasteiger charge is -2.39. The maximum Gasteiger partial charge on any atom is 0.191 e. The van der Waals surface area contributed by atoms with Crippen LogP contribution in [-0.2, 0) is 21.9 Å². The summed E-state index contributed by atoms with van der Waals surface area (Å²) in [4.78, 5) is 2.41. The molecule has 0 aliphatic heterocycles. The summed E-state index contributed by atoms with van der Waals surface area (Å²) in [5, 5.41) is 10.4. The smallest absolute Gasteiger partial charge is 0.191 e. The van der Waals surface area contributed by atoms with Crippen molar-refractivity contribution < 1.29 is 8.85 Å². The molecule has 0 N–H and O–H groups in total. The van der Waals surface area contributed by atoms with E-state index in [1.165, 1.54) is 11.1 Å². The Bertz CT molecular complexity index is 858. The van der Waals surface area contributed by atoms with Crippen LogP contribution in [0.15, 0.2) is 60.7 Å². The monoisotopic (exact) mass is 496 g/mol. The van der Waals surface area contributed by atoms with E-state index in [1.807, 2.05) is 12.1 Å². The molecule has 6 heteroatoms. The van der Waals surface area contributed by atoms with Crippen LogP contribution in [0.5, 0.6) is 0 Å². The van der Waals surface area contributed by atoms with Gasteiger partial charge in [-0.1, -0.05) is 81.4 Å². The summed E-state index contributed by atoms with van der Waals surface area (Å²) >= 11 is 0. The number of hydrogen-bond donors (Lipinski definition) is 0. The van der Waals surface area contributed by atoms with E-state index in [0.717, 1.165) is 19.5 Å². The second-order valence-electron chi connectivity index (χ2n) is 11.6. The molecule has 2 aromatic rings. The molecule has 2 aromatic carbocycles. The van der Waals surface area contributed by atoms with Gasteiger partial charge in [-0.05, 0) is 55.3 Å². The number of nitriles is 1. The summed E-state index contributed by atoms with van der Waals surface area (Å²) in [6.45, 7) is 20.0. The molecule has 4 nitrogen and oxygen atoms in total. The van der Waals surface area contributed by atoms with Crippen molar-refractivity contribution in [2.24, 2.45) is 0 Å². The fourth-order valence-electron chi connectivity index (χ4n) is 3.67. The van der Waals surface area contributed by atoms with Gasteiger partial charge in [-0.25, -0.2) is 0 Å². The topological polar surface area (TPSA) is 45.5 Å². The Morgan fingerprint density at radius 2 is 1.32 bits per heavy atom. The van der Waals surface area contributed by atoms with Gasteiger partial charge in [0, 0.05) is 19.7 Å². The average Bonchev–Trinajstić information content (AvgIpc) is 2.75. The van der Waals surface area contributed by atoms with E-state index in [-0.39, 0.29) is 11.1 Å². The zero-order valence-electron chi connectivity index (χ0n) is 22.5. The molecule has 0 spiro atoms. The van der Waals surface area contributed by atoms with Crippen molar-refractivity contribution in [1.82, 2.24) is 4.90 Å². The van der Waals surface area contributed by atoms with Crippen LogP contribution in [0.3, 0.4) is 0 Å². The van der Waals surface area contributed by atoms with Crippen LogP contribution in [0, 0.1) is 11.3 Å². The van der Waals surface area contributed by atoms with Gasteiger partial charge in [0.1, 0.15) is 6.10 Å². The van der Waals surface area contributed by atoms with Crippen LogP contribution < -0.4 is 0 Å². The molecule has 2 rings (SSSR count). The predicted octanol–water partition coefficient (Wildman–Crippen LogP) is 7.21. The molecular weight excluding hydrogens is 452 g/mol. The summed E-state index contributed by atoms with van der Waals surface area (Å²) in [6.07, 6.45) is 0.261. The number of hydrogen-bond acceptors (Lipinski definition) is 4. The quantitative estimate of drug-likeness (QED) is 0.291. The van der Waals surface area contributed by atoms with E-state index in [1.54, 1.807) is 0 Å². The summed E-state index contributed by atoms with van der Waals surface area (Å²) in [6, 6.07) is 23.5. The zero-order valence-corrected chi connectivity index (χ0v) is 24.5. The Hall–Kier alpha value is -1.76.